The van der Waals surface area contributed by atoms with Crippen molar-refractivity contribution in [1.82, 2.24) is 20.1 Å². The SMILES string of the molecule is CC1(C)CCC(Cn2ncnc2CNC2CC2)O1. The smallest absolute Gasteiger partial charge is 0.140 e. The molecule has 1 N–H and O–H groups in total. The molecule has 18 heavy (non-hydrogen) atoms. The molecule has 1 unspecified atom stereocenters. The number of hydrogen-bond acceptors (Lipinski definition) is 4. The Balaban J connectivity index is 1.57. The number of nitrogens with one attached hydrogen (secondary N) is 1. The standard InChI is InChI=1S/C13H22N4O/c1-13(2)6-5-11(18-13)8-17-12(15-9-16-17)7-14-10-3-4-10/h9-11,14H,3-8H2,1-2H3. The van der Waals surface area contributed by atoms with Crippen LogP contribution in [0, 0.1) is 0 Å². The maximum atomic E-state index is 6.01. The average molecular weight is 250 g/mol. The molecule has 2 aliphatic rings. The summed E-state index contributed by atoms with van der Waals surface area (Å²) in [7, 11) is 0. The fourth-order valence-corrected chi connectivity index (χ4v) is 2.50. The summed E-state index contributed by atoms with van der Waals surface area (Å²) >= 11 is 0. The molecule has 1 aliphatic heterocycles. The molecule has 5 heteroatoms. The van der Waals surface area contributed by atoms with Gasteiger partial charge in [0.15, 0.2) is 0 Å². The van der Waals surface area contributed by atoms with Crippen molar-refractivity contribution in [1.29, 1.82) is 0 Å². The Morgan fingerprint density at radius 1 is 1.44 bits per heavy atom. The first-order valence-electron chi connectivity index (χ1n) is 6.90. The summed E-state index contributed by atoms with van der Waals surface area (Å²) in [6, 6.07) is 0.705. The van der Waals surface area contributed by atoms with E-state index in [1.807, 2.05) is 4.68 Å². The summed E-state index contributed by atoms with van der Waals surface area (Å²) < 4.78 is 7.99. The van der Waals surface area contributed by atoms with E-state index in [1.165, 1.54) is 12.8 Å². The molecular formula is C13H22N4O. The zero-order chi connectivity index (χ0) is 12.6. The molecule has 1 aromatic heterocycles. The summed E-state index contributed by atoms with van der Waals surface area (Å²) in [6.45, 7) is 5.96. The Labute approximate surface area is 108 Å². The van der Waals surface area contributed by atoms with Gasteiger partial charge in [-0.1, -0.05) is 0 Å². The number of hydrogen-bond donors (Lipinski definition) is 1. The van der Waals surface area contributed by atoms with Crippen LogP contribution in [-0.4, -0.2) is 32.5 Å². The maximum Gasteiger partial charge on any atom is 0.140 e. The third kappa shape index (κ3) is 2.90. The van der Waals surface area contributed by atoms with Crippen molar-refractivity contribution in [2.45, 2.75) is 70.4 Å². The van der Waals surface area contributed by atoms with E-state index in [0.717, 1.165) is 31.8 Å². The Morgan fingerprint density at radius 3 is 2.94 bits per heavy atom. The number of ether oxygens (including phenoxy) is 1. The van der Waals surface area contributed by atoms with Gasteiger partial charge in [0.1, 0.15) is 12.2 Å². The van der Waals surface area contributed by atoms with Crippen LogP contribution in [0.2, 0.25) is 0 Å². The maximum absolute atomic E-state index is 6.01. The van der Waals surface area contributed by atoms with Crippen LogP contribution in [-0.2, 0) is 17.8 Å². The van der Waals surface area contributed by atoms with E-state index < -0.39 is 0 Å². The summed E-state index contributed by atoms with van der Waals surface area (Å²) in [4.78, 5) is 4.33. The van der Waals surface area contributed by atoms with Gasteiger partial charge in [-0.15, -0.1) is 0 Å². The van der Waals surface area contributed by atoms with Gasteiger partial charge in [0.05, 0.1) is 24.8 Å². The lowest BCUT2D eigenvalue weighted by Gasteiger charge is -2.19. The van der Waals surface area contributed by atoms with Crippen LogP contribution in [0.1, 0.15) is 45.4 Å². The van der Waals surface area contributed by atoms with Gasteiger partial charge in [-0.25, -0.2) is 9.67 Å². The van der Waals surface area contributed by atoms with E-state index in [1.54, 1.807) is 6.33 Å². The highest BCUT2D eigenvalue weighted by Crippen LogP contribution is 2.30. The van der Waals surface area contributed by atoms with Crippen LogP contribution in [0.4, 0.5) is 0 Å². The molecule has 1 aromatic rings. The third-order valence-corrected chi connectivity index (χ3v) is 3.75. The first kappa shape index (κ1) is 12.1. The van der Waals surface area contributed by atoms with Crippen LogP contribution in [0.5, 0.6) is 0 Å². The Hall–Kier alpha value is -0.940. The Morgan fingerprint density at radius 2 is 2.28 bits per heavy atom. The van der Waals surface area contributed by atoms with E-state index in [2.05, 4.69) is 29.2 Å². The Bertz CT molecular complexity index is 411. The number of nitrogens with zero attached hydrogens (tertiary/aromatic N) is 3. The van der Waals surface area contributed by atoms with Crippen molar-refractivity contribution < 1.29 is 4.74 Å². The highest BCUT2D eigenvalue weighted by molar-refractivity contribution is 4.90. The second kappa shape index (κ2) is 4.63. The van der Waals surface area contributed by atoms with Gasteiger partial charge < -0.3 is 10.1 Å². The predicted molar refractivity (Wildman–Crippen MR) is 68.1 cm³/mol. The summed E-state index contributed by atoms with van der Waals surface area (Å²) in [5.41, 5.74) is 0.0255. The number of aromatic nitrogens is 3. The molecule has 3 rings (SSSR count). The minimum Gasteiger partial charge on any atom is -0.370 e. The molecular weight excluding hydrogens is 228 g/mol. The van der Waals surface area contributed by atoms with Crippen molar-refractivity contribution in [3.05, 3.63) is 12.2 Å². The molecule has 2 heterocycles. The monoisotopic (exact) mass is 250 g/mol. The fourth-order valence-electron chi connectivity index (χ4n) is 2.50. The summed E-state index contributed by atoms with van der Waals surface area (Å²) in [5, 5.41) is 7.79. The fraction of sp³-hybridized carbons (Fsp3) is 0.846. The zero-order valence-corrected chi connectivity index (χ0v) is 11.2. The first-order chi connectivity index (χ1) is 8.62. The summed E-state index contributed by atoms with van der Waals surface area (Å²) in [6.07, 6.45) is 6.76. The van der Waals surface area contributed by atoms with E-state index in [4.69, 9.17) is 4.74 Å². The predicted octanol–water partition coefficient (Wildman–Crippen LogP) is 1.49. The van der Waals surface area contributed by atoms with Gasteiger partial charge in [-0.05, 0) is 39.5 Å². The van der Waals surface area contributed by atoms with Crippen molar-refractivity contribution in [3.8, 4) is 0 Å². The molecule has 1 aliphatic carbocycles. The lowest BCUT2D eigenvalue weighted by Crippen LogP contribution is -2.25. The second-order valence-electron chi connectivity index (χ2n) is 6.05. The summed E-state index contributed by atoms with van der Waals surface area (Å²) in [5.74, 6) is 1.02. The molecule has 0 aromatic carbocycles. The van der Waals surface area contributed by atoms with Crippen molar-refractivity contribution in [3.63, 3.8) is 0 Å². The minimum absolute atomic E-state index is 0.0255. The van der Waals surface area contributed by atoms with Gasteiger partial charge in [-0.2, -0.15) is 5.10 Å². The van der Waals surface area contributed by atoms with Crippen molar-refractivity contribution in [2.24, 2.45) is 0 Å². The molecule has 1 saturated carbocycles. The lowest BCUT2D eigenvalue weighted by molar-refractivity contribution is -0.0233. The van der Waals surface area contributed by atoms with Gasteiger partial charge in [0.25, 0.3) is 0 Å². The van der Waals surface area contributed by atoms with Gasteiger partial charge in [-0.3, -0.25) is 0 Å². The van der Waals surface area contributed by atoms with Crippen LogP contribution in [0.3, 0.4) is 0 Å². The molecule has 2 fully saturated rings. The van der Waals surface area contributed by atoms with Gasteiger partial charge in [0, 0.05) is 6.04 Å². The van der Waals surface area contributed by atoms with Crippen LogP contribution in [0.15, 0.2) is 6.33 Å². The quantitative estimate of drug-likeness (QED) is 0.860. The number of rotatable bonds is 5. The largest absolute Gasteiger partial charge is 0.370 e. The van der Waals surface area contributed by atoms with Crippen LogP contribution in [0.25, 0.3) is 0 Å². The molecule has 1 saturated heterocycles. The molecule has 0 spiro atoms. The van der Waals surface area contributed by atoms with Gasteiger partial charge >= 0.3 is 0 Å². The third-order valence-electron chi connectivity index (χ3n) is 3.75. The molecule has 0 amide bonds. The van der Waals surface area contributed by atoms with Crippen LogP contribution >= 0.6 is 0 Å². The van der Waals surface area contributed by atoms with Crippen LogP contribution < -0.4 is 5.32 Å². The van der Waals surface area contributed by atoms with E-state index in [0.29, 0.717) is 6.04 Å². The topological polar surface area (TPSA) is 52.0 Å². The van der Waals surface area contributed by atoms with E-state index in [9.17, 15) is 0 Å². The van der Waals surface area contributed by atoms with Crippen molar-refractivity contribution >= 4 is 0 Å². The highest BCUT2D eigenvalue weighted by Gasteiger charge is 2.32. The molecule has 0 radical (unpaired) electrons. The molecule has 5 nitrogen and oxygen atoms in total. The molecule has 0 bridgehead atoms. The lowest BCUT2D eigenvalue weighted by atomic mass is 10.1. The second-order valence-corrected chi connectivity index (χ2v) is 6.05. The minimum atomic E-state index is 0.0255. The first-order valence-corrected chi connectivity index (χ1v) is 6.90. The Kier molecular flexibility index (Phi) is 3.11. The zero-order valence-electron chi connectivity index (χ0n) is 11.2. The molecule has 1 atom stereocenters. The van der Waals surface area contributed by atoms with Gasteiger partial charge in [0.2, 0.25) is 0 Å². The van der Waals surface area contributed by atoms with E-state index in [-0.39, 0.29) is 11.7 Å². The van der Waals surface area contributed by atoms with Crippen molar-refractivity contribution in [2.75, 3.05) is 0 Å². The normalized spacial score (nSPS) is 26.7. The molecule has 100 valence electrons. The highest BCUT2D eigenvalue weighted by atomic mass is 16.5. The van der Waals surface area contributed by atoms with E-state index >= 15 is 0 Å². The average Bonchev–Trinajstić information content (AvgIpc) is 2.94.